The van der Waals surface area contributed by atoms with Crippen molar-refractivity contribution in [3.8, 4) is 51.0 Å². The minimum absolute atomic E-state index is 0.795. The van der Waals surface area contributed by atoms with Crippen LogP contribution in [-0.4, -0.2) is 23.9 Å². The van der Waals surface area contributed by atoms with E-state index in [1.54, 1.807) is 0 Å². The third kappa shape index (κ3) is 5.17. The van der Waals surface area contributed by atoms with Gasteiger partial charge in [0.15, 0.2) is 11.6 Å². The molecular formula is C56H35N5O. The molecule has 0 saturated carbocycles. The van der Waals surface area contributed by atoms with Crippen molar-refractivity contribution in [2.75, 3.05) is 0 Å². The fraction of sp³-hybridized carbons (Fsp3) is 0. The molecule has 13 rings (SSSR count). The molecule has 0 unspecified atom stereocenters. The first kappa shape index (κ1) is 34.4. The number of benzene rings is 9. The maximum absolute atomic E-state index is 6.36. The maximum atomic E-state index is 6.36. The molecule has 0 amide bonds. The van der Waals surface area contributed by atoms with Gasteiger partial charge in [0.1, 0.15) is 11.2 Å². The summed E-state index contributed by atoms with van der Waals surface area (Å²) >= 11 is 0. The second-order valence-corrected chi connectivity index (χ2v) is 15.9. The van der Waals surface area contributed by atoms with E-state index in [0.29, 0.717) is 0 Å². The van der Waals surface area contributed by atoms with Crippen LogP contribution in [0, 0.1) is 0 Å². The van der Waals surface area contributed by atoms with Gasteiger partial charge in [-0.15, -0.1) is 10.2 Å². The number of hydrogen-bond donors (Lipinski definition) is 0. The van der Waals surface area contributed by atoms with Crippen LogP contribution in [0.1, 0.15) is 0 Å². The molecule has 6 nitrogen and oxygen atoms in total. The van der Waals surface area contributed by atoms with Gasteiger partial charge in [0.2, 0.25) is 0 Å². The van der Waals surface area contributed by atoms with Gasteiger partial charge >= 0.3 is 0 Å². The van der Waals surface area contributed by atoms with Crippen LogP contribution in [0.25, 0.3) is 117 Å². The Morgan fingerprint density at radius 2 is 0.871 bits per heavy atom. The monoisotopic (exact) mass is 793 g/mol. The zero-order valence-electron chi connectivity index (χ0n) is 33.4. The molecule has 0 atom stereocenters. The Labute approximate surface area is 355 Å². The summed E-state index contributed by atoms with van der Waals surface area (Å²) in [4.78, 5) is 0. The molecule has 4 aromatic heterocycles. The average Bonchev–Trinajstić information content (AvgIpc) is 4.11. The molecule has 0 aliphatic heterocycles. The first-order valence-electron chi connectivity index (χ1n) is 20.9. The largest absolute Gasteiger partial charge is 0.456 e. The molecule has 0 N–H and O–H groups in total. The quantitative estimate of drug-likeness (QED) is 0.168. The van der Waals surface area contributed by atoms with Gasteiger partial charge in [-0.2, -0.15) is 0 Å². The lowest BCUT2D eigenvalue weighted by atomic mass is 10.0. The number of aromatic nitrogens is 5. The smallest absolute Gasteiger partial charge is 0.168 e. The molecule has 0 fully saturated rings. The molecule has 62 heavy (non-hydrogen) atoms. The molecule has 4 heterocycles. The number of fused-ring (bicyclic) bond motifs is 9. The summed E-state index contributed by atoms with van der Waals surface area (Å²) in [6.07, 6.45) is 0. The van der Waals surface area contributed by atoms with E-state index in [-0.39, 0.29) is 0 Å². The van der Waals surface area contributed by atoms with Crippen molar-refractivity contribution >= 4 is 65.6 Å². The minimum Gasteiger partial charge on any atom is -0.456 e. The van der Waals surface area contributed by atoms with E-state index in [9.17, 15) is 0 Å². The number of nitrogens with zero attached hydrogens (tertiary/aromatic N) is 5. The molecule has 0 spiro atoms. The lowest BCUT2D eigenvalue weighted by Crippen LogP contribution is -2.01. The molecule has 290 valence electrons. The van der Waals surface area contributed by atoms with Crippen LogP contribution in [0.2, 0.25) is 0 Å². The number of furan rings is 1. The molecule has 0 aliphatic rings. The van der Waals surface area contributed by atoms with Crippen molar-refractivity contribution in [3.63, 3.8) is 0 Å². The summed E-state index contributed by atoms with van der Waals surface area (Å²) in [5, 5.41) is 16.4. The molecule has 0 saturated heterocycles. The standard InChI is InChI=1S/C56H35N5O/c1-3-16-36(17-4-1)55-57-58-56(37-18-5-2-6-19-37)60(55)40-30-31-51-45(33-40)42-23-9-13-28-50(42)61(51)48-26-11-7-22-41(48)38-20-15-21-39(32-38)59-49-27-12-8-24-43(49)46-35-54-47(34-52(46)59)44-25-10-14-29-53(44)62-54/h1-35H. The topological polar surface area (TPSA) is 53.7 Å². The van der Waals surface area contributed by atoms with E-state index < -0.39 is 0 Å². The highest BCUT2D eigenvalue weighted by Crippen LogP contribution is 2.41. The SMILES string of the molecule is c1ccc(-c2nnc(-c3ccccc3)n2-c2ccc3c(c2)c2ccccc2n3-c2ccccc2-c2cccc(-n3c4ccccc4c4cc5oc6ccccc6c5cc43)c2)cc1. The predicted molar refractivity (Wildman–Crippen MR) is 254 cm³/mol. The minimum atomic E-state index is 0.795. The summed E-state index contributed by atoms with van der Waals surface area (Å²) in [6, 6.07) is 75.3. The summed E-state index contributed by atoms with van der Waals surface area (Å²) in [6.45, 7) is 0. The van der Waals surface area contributed by atoms with Gasteiger partial charge in [0.05, 0.1) is 33.4 Å². The van der Waals surface area contributed by atoms with Gasteiger partial charge in [-0.1, -0.05) is 146 Å². The summed E-state index contributed by atoms with van der Waals surface area (Å²) < 4.78 is 13.4. The van der Waals surface area contributed by atoms with E-state index in [1.165, 1.54) is 16.2 Å². The van der Waals surface area contributed by atoms with Crippen LogP contribution in [-0.2, 0) is 0 Å². The van der Waals surface area contributed by atoms with E-state index in [0.717, 1.165) is 100 Å². The van der Waals surface area contributed by atoms with Crippen molar-refractivity contribution in [2.45, 2.75) is 0 Å². The van der Waals surface area contributed by atoms with Crippen molar-refractivity contribution in [1.82, 2.24) is 23.9 Å². The van der Waals surface area contributed by atoms with Crippen LogP contribution < -0.4 is 0 Å². The first-order valence-corrected chi connectivity index (χ1v) is 20.9. The fourth-order valence-corrected chi connectivity index (χ4v) is 9.63. The lowest BCUT2D eigenvalue weighted by Gasteiger charge is -2.16. The Morgan fingerprint density at radius 1 is 0.306 bits per heavy atom. The molecule has 6 heteroatoms. The molecule has 13 aromatic rings. The van der Waals surface area contributed by atoms with Crippen LogP contribution in [0.4, 0.5) is 0 Å². The van der Waals surface area contributed by atoms with Gasteiger partial charge in [-0.3, -0.25) is 4.57 Å². The maximum Gasteiger partial charge on any atom is 0.168 e. The van der Waals surface area contributed by atoms with Crippen LogP contribution in [0.15, 0.2) is 217 Å². The van der Waals surface area contributed by atoms with Crippen LogP contribution in [0.3, 0.4) is 0 Å². The highest BCUT2D eigenvalue weighted by atomic mass is 16.3. The van der Waals surface area contributed by atoms with Crippen LogP contribution in [0.5, 0.6) is 0 Å². The Kier molecular flexibility index (Phi) is 7.50. The first-order chi connectivity index (χ1) is 30.8. The molecular weight excluding hydrogens is 759 g/mol. The normalized spacial score (nSPS) is 11.9. The van der Waals surface area contributed by atoms with E-state index in [4.69, 9.17) is 14.6 Å². The summed E-state index contributed by atoms with van der Waals surface area (Å²) in [5.41, 5.74) is 13.8. The van der Waals surface area contributed by atoms with Gasteiger partial charge < -0.3 is 13.6 Å². The predicted octanol–water partition coefficient (Wildman–Crippen LogP) is 14.4. The molecule has 0 aliphatic carbocycles. The Hall–Kier alpha value is -8.48. The van der Waals surface area contributed by atoms with Crippen molar-refractivity contribution in [2.24, 2.45) is 0 Å². The van der Waals surface area contributed by atoms with E-state index in [2.05, 4.69) is 177 Å². The Balaban J connectivity index is 0.996. The average molecular weight is 794 g/mol. The second-order valence-electron chi connectivity index (χ2n) is 15.9. The summed E-state index contributed by atoms with van der Waals surface area (Å²) in [5.74, 6) is 1.59. The number of hydrogen-bond acceptors (Lipinski definition) is 3. The van der Waals surface area contributed by atoms with Crippen molar-refractivity contribution in [1.29, 1.82) is 0 Å². The fourth-order valence-electron chi connectivity index (χ4n) is 9.63. The highest BCUT2D eigenvalue weighted by molar-refractivity contribution is 6.17. The van der Waals surface area contributed by atoms with Gasteiger partial charge in [0, 0.05) is 54.7 Å². The van der Waals surface area contributed by atoms with Crippen molar-refractivity contribution < 1.29 is 4.42 Å². The van der Waals surface area contributed by atoms with Crippen molar-refractivity contribution in [3.05, 3.63) is 212 Å². The Bertz CT molecular complexity index is 3810. The number of para-hydroxylation sites is 4. The van der Waals surface area contributed by atoms with Crippen LogP contribution >= 0.6 is 0 Å². The second kappa shape index (κ2) is 13.5. The Morgan fingerprint density at radius 3 is 1.61 bits per heavy atom. The molecule has 9 aromatic carbocycles. The number of rotatable bonds is 6. The molecule has 0 bridgehead atoms. The highest BCUT2D eigenvalue weighted by Gasteiger charge is 2.22. The van der Waals surface area contributed by atoms with Gasteiger partial charge in [0.25, 0.3) is 0 Å². The third-order valence-corrected chi connectivity index (χ3v) is 12.4. The molecule has 0 radical (unpaired) electrons. The lowest BCUT2D eigenvalue weighted by molar-refractivity contribution is 0.669. The van der Waals surface area contributed by atoms with E-state index in [1.807, 2.05) is 48.5 Å². The zero-order valence-corrected chi connectivity index (χ0v) is 33.4. The summed E-state index contributed by atoms with van der Waals surface area (Å²) in [7, 11) is 0. The van der Waals surface area contributed by atoms with Gasteiger partial charge in [-0.25, -0.2) is 0 Å². The third-order valence-electron chi connectivity index (χ3n) is 12.4. The zero-order chi connectivity index (χ0) is 40.7. The van der Waals surface area contributed by atoms with E-state index >= 15 is 0 Å². The van der Waals surface area contributed by atoms with Gasteiger partial charge in [-0.05, 0) is 72.3 Å².